The molecular formula is C15H21NO2. The number of rotatable bonds is 5. The lowest BCUT2D eigenvalue weighted by Crippen LogP contribution is -2.39. The van der Waals surface area contributed by atoms with Gasteiger partial charge in [0.15, 0.2) is 0 Å². The molecule has 1 aromatic rings. The van der Waals surface area contributed by atoms with Crippen LogP contribution < -0.4 is 0 Å². The molecule has 3 heteroatoms. The summed E-state index contributed by atoms with van der Waals surface area (Å²) in [6.07, 6.45) is 5.38. The van der Waals surface area contributed by atoms with Gasteiger partial charge in [-0.05, 0) is 31.2 Å². The number of piperidine rings is 1. The Morgan fingerprint density at radius 1 is 1.39 bits per heavy atom. The van der Waals surface area contributed by atoms with Crippen LogP contribution in [0.3, 0.4) is 0 Å². The van der Waals surface area contributed by atoms with Crippen LogP contribution in [0.2, 0.25) is 0 Å². The Bertz CT molecular complexity index is 366. The van der Waals surface area contributed by atoms with Crippen LogP contribution in [0.4, 0.5) is 0 Å². The monoisotopic (exact) mass is 247 g/mol. The van der Waals surface area contributed by atoms with Gasteiger partial charge in [-0.3, -0.25) is 4.79 Å². The van der Waals surface area contributed by atoms with E-state index in [0.717, 1.165) is 32.2 Å². The molecule has 0 bridgehead atoms. The van der Waals surface area contributed by atoms with E-state index < -0.39 is 0 Å². The summed E-state index contributed by atoms with van der Waals surface area (Å²) in [5.74, 6) is 0. The maximum Gasteiger partial charge on any atom is 0.209 e. The molecule has 1 aromatic carbocycles. The van der Waals surface area contributed by atoms with Crippen molar-refractivity contribution in [2.75, 3.05) is 13.7 Å². The quantitative estimate of drug-likeness (QED) is 0.749. The third-order valence-corrected chi connectivity index (χ3v) is 3.75. The van der Waals surface area contributed by atoms with Gasteiger partial charge in [0, 0.05) is 19.7 Å². The number of hydrogen-bond donors (Lipinski definition) is 0. The highest BCUT2D eigenvalue weighted by atomic mass is 16.5. The minimum atomic E-state index is 0.0803. The molecule has 1 saturated heterocycles. The fourth-order valence-corrected chi connectivity index (χ4v) is 2.70. The molecular weight excluding hydrogens is 226 g/mol. The molecule has 2 rings (SSSR count). The van der Waals surface area contributed by atoms with Crippen LogP contribution in [0, 0.1) is 0 Å². The molecule has 1 fully saturated rings. The first kappa shape index (κ1) is 13.1. The van der Waals surface area contributed by atoms with Crippen molar-refractivity contribution in [2.24, 2.45) is 0 Å². The normalized spacial score (nSPS) is 21.6. The molecule has 0 radical (unpaired) electrons. The summed E-state index contributed by atoms with van der Waals surface area (Å²) in [7, 11) is 1.74. The molecule has 0 saturated carbocycles. The van der Waals surface area contributed by atoms with Crippen LogP contribution in [-0.4, -0.2) is 31.0 Å². The molecule has 0 aliphatic carbocycles. The van der Waals surface area contributed by atoms with Gasteiger partial charge in [-0.2, -0.15) is 0 Å². The van der Waals surface area contributed by atoms with Crippen molar-refractivity contribution in [3.63, 3.8) is 0 Å². The molecule has 2 atom stereocenters. The second kappa shape index (κ2) is 6.55. The van der Waals surface area contributed by atoms with E-state index in [9.17, 15) is 4.79 Å². The Hall–Kier alpha value is -1.35. The average molecular weight is 247 g/mol. The Morgan fingerprint density at radius 2 is 2.17 bits per heavy atom. The lowest BCUT2D eigenvalue weighted by atomic mass is 9.94. The smallest absolute Gasteiger partial charge is 0.209 e. The van der Waals surface area contributed by atoms with Crippen molar-refractivity contribution < 1.29 is 9.53 Å². The van der Waals surface area contributed by atoms with Crippen molar-refractivity contribution in [1.29, 1.82) is 0 Å². The second-order valence-electron chi connectivity index (χ2n) is 4.86. The first-order chi connectivity index (χ1) is 8.85. The number of hydrogen-bond acceptors (Lipinski definition) is 2. The lowest BCUT2D eigenvalue weighted by molar-refractivity contribution is -0.122. The van der Waals surface area contributed by atoms with Crippen LogP contribution in [0.25, 0.3) is 0 Å². The van der Waals surface area contributed by atoms with E-state index in [1.165, 1.54) is 12.0 Å². The molecule has 98 valence electrons. The van der Waals surface area contributed by atoms with Crippen molar-refractivity contribution in [3.8, 4) is 0 Å². The van der Waals surface area contributed by atoms with Crippen molar-refractivity contribution >= 4 is 6.41 Å². The fourth-order valence-electron chi connectivity index (χ4n) is 2.70. The van der Waals surface area contributed by atoms with Gasteiger partial charge in [0.2, 0.25) is 6.41 Å². The second-order valence-corrected chi connectivity index (χ2v) is 4.86. The third kappa shape index (κ3) is 3.10. The first-order valence-corrected chi connectivity index (χ1v) is 6.64. The summed E-state index contributed by atoms with van der Waals surface area (Å²) in [5.41, 5.74) is 1.19. The SMILES string of the molecule is COC(CC1CCCCN1C=O)c1ccccc1. The van der Waals surface area contributed by atoms with Crippen LogP contribution in [0.15, 0.2) is 30.3 Å². The predicted molar refractivity (Wildman–Crippen MR) is 71.2 cm³/mol. The van der Waals surface area contributed by atoms with Gasteiger partial charge in [-0.1, -0.05) is 30.3 Å². The molecule has 18 heavy (non-hydrogen) atoms. The Morgan fingerprint density at radius 3 is 2.83 bits per heavy atom. The van der Waals surface area contributed by atoms with Gasteiger partial charge in [0.25, 0.3) is 0 Å². The molecule has 0 spiro atoms. The molecule has 3 nitrogen and oxygen atoms in total. The molecule has 1 amide bonds. The van der Waals surface area contributed by atoms with Gasteiger partial charge in [-0.25, -0.2) is 0 Å². The zero-order valence-corrected chi connectivity index (χ0v) is 10.9. The van der Waals surface area contributed by atoms with E-state index >= 15 is 0 Å². The number of carbonyl (C=O) groups is 1. The van der Waals surface area contributed by atoms with Crippen LogP contribution in [0.5, 0.6) is 0 Å². The summed E-state index contributed by atoms with van der Waals surface area (Å²) in [5, 5.41) is 0. The third-order valence-electron chi connectivity index (χ3n) is 3.75. The summed E-state index contributed by atoms with van der Waals surface area (Å²) < 4.78 is 5.59. The van der Waals surface area contributed by atoms with E-state index in [1.54, 1.807) is 7.11 Å². The Labute approximate surface area is 109 Å². The van der Waals surface area contributed by atoms with E-state index in [1.807, 2.05) is 23.1 Å². The van der Waals surface area contributed by atoms with Crippen molar-refractivity contribution in [3.05, 3.63) is 35.9 Å². The number of benzene rings is 1. The van der Waals surface area contributed by atoms with Gasteiger partial charge in [-0.15, -0.1) is 0 Å². The van der Waals surface area contributed by atoms with E-state index in [0.29, 0.717) is 6.04 Å². The van der Waals surface area contributed by atoms with Gasteiger partial charge in [0.05, 0.1) is 6.10 Å². The summed E-state index contributed by atoms with van der Waals surface area (Å²) in [4.78, 5) is 13.0. The van der Waals surface area contributed by atoms with Crippen molar-refractivity contribution in [2.45, 2.75) is 37.8 Å². The molecule has 0 N–H and O–H groups in total. The van der Waals surface area contributed by atoms with E-state index in [2.05, 4.69) is 12.1 Å². The van der Waals surface area contributed by atoms with E-state index in [4.69, 9.17) is 4.74 Å². The lowest BCUT2D eigenvalue weighted by Gasteiger charge is -2.34. The molecule has 1 aliphatic heterocycles. The van der Waals surface area contributed by atoms with E-state index in [-0.39, 0.29) is 6.10 Å². The van der Waals surface area contributed by atoms with Crippen LogP contribution in [0.1, 0.15) is 37.4 Å². The largest absolute Gasteiger partial charge is 0.377 e. The molecule has 1 heterocycles. The Kier molecular flexibility index (Phi) is 4.76. The molecule has 1 aliphatic rings. The number of likely N-dealkylation sites (tertiary alicyclic amines) is 1. The zero-order chi connectivity index (χ0) is 12.8. The highest BCUT2D eigenvalue weighted by molar-refractivity contribution is 5.48. The maximum atomic E-state index is 11.1. The number of nitrogens with zero attached hydrogens (tertiary/aromatic N) is 1. The number of amides is 1. The number of ether oxygens (including phenoxy) is 1. The number of carbonyl (C=O) groups excluding carboxylic acids is 1. The highest BCUT2D eigenvalue weighted by Crippen LogP contribution is 2.28. The van der Waals surface area contributed by atoms with Gasteiger partial charge < -0.3 is 9.64 Å². The molecule has 0 aromatic heterocycles. The summed E-state index contributed by atoms with van der Waals surface area (Å²) in [6.45, 7) is 0.888. The minimum Gasteiger partial charge on any atom is -0.377 e. The topological polar surface area (TPSA) is 29.5 Å². The summed E-state index contributed by atoms with van der Waals surface area (Å²) >= 11 is 0. The highest BCUT2D eigenvalue weighted by Gasteiger charge is 2.24. The maximum absolute atomic E-state index is 11.1. The molecule has 2 unspecified atom stereocenters. The number of methoxy groups -OCH3 is 1. The zero-order valence-electron chi connectivity index (χ0n) is 10.9. The fraction of sp³-hybridized carbons (Fsp3) is 0.533. The first-order valence-electron chi connectivity index (χ1n) is 6.64. The predicted octanol–water partition coefficient (Wildman–Crippen LogP) is 2.78. The van der Waals surface area contributed by atoms with Gasteiger partial charge >= 0.3 is 0 Å². The average Bonchev–Trinajstić information content (AvgIpc) is 2.46. The summed E-state index contributed by atoms with van der Waals surface area (Å²) in [6, 6.07) is 10.6. The van der Waals surface area contributed by atoms with Crippen molar-refractivity contribution in [1.82, 2.24) is 4.90 Å². The Balaban J connectivity index is 2.03. The van der Waals surface area contributed by atoms with Crippen LogP contribution in [-0.2, 0) is 9.53 Å². The standard InChI is InChI=1S/C15H21NO2/c1-18-15(13-7-3-2-4-8-13)11-14-9-5-6-10-16(14)12-17/h2-4,7-8,12,14-15H,5-6,9-11H2,1H3. The van der Waals surface area contributed by atoms with Gasteiger partial charge in [0.1, 0.15) is 0 Å². The minimum absolute atomic E-state index is 0.0803. The van der Waals surface area contributed by atoms with Crippen LogP contribution >= 0.6 is 0 Å².